The van der Waals surface area contributed by atoms with E-state index in [2.05, 4.69) is 51.0 Å². The summed E-state index contributed by atoms with van der Waals surface area (Å²) in [5, 5.41) is 13.0. The number of aromatic amines is 1. The van der Waals surface area contributed by atoms with Crippen molar-refractivity contribution in [3.05, 3.63) is 40.4 Å². The lowest BCUT2D eigenvalue weighted by molar-refractivity contribution is 0.267. The van der Waals surface area contributed by atoms with Gasteiger partial charge in [0, 0.05) is 30.6 Å². The molecule has 5 N–H and O–H groups in total. The third-order valence-electron chi connectivity index (χ3n) is 5.68. The number of fused-ring (bicyclic) bond motifs is 1. The first kappa shape index (κ1) is 24.6. The van der Waals surface area contributed by atoms with Crippen molar-refractivity contribution in [3.63, 3.8) is 0 Å². The van der Waals surface area contributed by atoms with Gasteiger partial charge in [-0.05, 0) is 43.6 Å². The molecule has 3 heterocycles. The molecular formula is C24H35N7O2. The normalized spacial score (nSPS) is 12.4. The number of pyridine rings is 2. The molecule has 9 heteroatoms. The molecular weight excluding hydrogens is 418 g/mol. The molecule has 0 bridgehead atoms. The van der Waals surface area contributed by atoms with Gasteiger partial charge >= 0.3 is 0 Å². The van der Waals surface area contributed by atoms with E-state index in [1.807, 2.05) is 6.07 Å². The Hall–Kier alpha value is -3.04. The fourth-order valence-corrected chi connectivity index (χ4v) is 3.84. The van der Waals surface area contributed by atoms with Gasteiger partial charge in [-0.2, -0.15) is 4.98 Å². The van der Waals surface area contributed by atoms with Crippen LogP contribution in [0.25, 0.3) is 22.2 Å². The summed E-state index contributed by atoms with van der Waals surface area (Å²) in [5.41, 5.74) is 9.60. The summed E-state index contributed by atoms with van der Waals surface area (Å²) in [6.45, 7) is 5.96. The Balaban J connectivity index is 1.97. The Kier molecular flexibility index (Phi) is 8.73. The Morgan fingerprint density at radius 1 is 1.21 bits per heavy atom. The zero-order valence-electron chi connectivity index (χ0n) is 19.8. The first-order valence-electron chi connectivity index (χ1n) is 11.7. The topological polar surface area (TPSA) is 133 Å². The van der Waals surface area contributed by atoms with Gasteiger partial charge in [0.05, 0.1) is 18.2 Å². The first-order valence-corrected chi connectivity index (χ1v) is 11.7. The van der Waals surface area contributed by atoms with E-state index in [4.69, 9.17) is 5.73 Å². The Labute approximate surface area is 194 Å². The second-order valence-electron chi connectivity index (χ2n) is 8.52. The van der Waals surface area contributed by atoms with Crippen molar-refractivity contribution in [3.8, 4) is 11.1 Å². The number of aromatic nitrogens is 4. The smallest absolute Gasteiger partial charge is 0.248 e. The van der Waals surface area contributed by atoms with Crippen LogP contribution in [0.4, 0.5) is 11.8 Å². The van der Waals surface area contributed by atoms with Crippen LogP contribution in [-0.4, -0.2) is 56.2 Å². The van der Waals surface area contributed by atoms with Crippen LogP contribution in [0.15, 0.2) is 29.3 Å². The average Bonchev–Trinajstić information content (AvgIpc) is 2.80. The molecule has 0 saturated heterocycles. The number of nitrogens with two attached hydrogens (primary N) is 1. The maximum absolute atomic E-state index is 12.1. The third kappa shape index (κ3) is 6.49. The lowest BCUT2D eigenvalue weighted by atomic mass is 10.0. The van der Waals surface area contributed by atoms with Gasteiger partial charge in [0.1, 0.15) is 5.52 Å². The standard InChI is InChI=1S/C24H35N7O2/c1-4-6-8-18(15-32)28-23-22-20(29-24(25)30-23)10-16(12-27-22)19-11-21(33)26-13-17(19)14-31(3)9-7-5-2/h10-13,18,32H,4-9,14-15H2,1-3H3,(H,26,33)(H3,25,28,29,30)/t18-/m1/s1. The van der Waals surface area contributed by atoms with Gasteiger partial charge in [-0.25, -0.2) is 4.98 Å². The molecule has 0 radical (unpaired) electrons. The Morgan fingerprint density at radius 2 is 2.00 bits per heavy atom. The number of H-pyrrole nitrogens is 1. The molecule has 3 aromatic rings. The van der Waals surface area contributed by atoms with Gasteiger partial charge in [-0.3, -0.25) is 9.78 Å². The van der Waals surface area contributed by atoms with Crippen molar-refractivity contribution in [2.24, 2.45) is 0 Å². The van der Waals surface area contributed by atoms with Gasteiger partial charge in [0.2, 0.25) is 11.5 Å². The van der Waals surface area contributed by atoms with Crippen LogP contribution < -0.4 is 16.6 Å². The molecule has 0 aromatic carbocycles. The Morgan fingerprint density at radius 3 is 2.73 bits per heavy atom. The van der Waals surface area contributed by atoms with E-state index in [1.165, 1.54) is 0 Å². The predicted molar refractivity (Wildman–Crippen MR) is 133 cm³/mol. The molecule has 0 aliphatic carbocycles. The number of anilines is 2. The fraction of sp³-hybridized carbons (Fsp3) is 0.500. The summed E-state index contributed by atoms with van der Waals surface area (Å²) in [6.07, 6.45) is 8.60. The number of nitrogens with one attached hydrogen (secondary N) is 2. The fourth-order valence-electron chi connectivity index (χ4n) is 3.84. The molecule has 0 amide bonds. The van der Waals surface area contributed by atoms with Gasteiger partial charge in [-0.1, -0.05) is 33.1 Å². The summed E-state index contributed by atoms with van der Waals surface area (Å²) < 4.78 is 0. The molecule has 3 rings (SSSR count). The molecule has 33 heavy (non-hydrogen) atoms. The number of hydrogen-bond donors (Lipinski definition) is 4. The molecule has 9 nitrogen and oxygen atoms in total. The second kappa shape index (κ2) is 11.7. The van der Waals surface area contributed by atoms with E-state index in [9.17, 15) is 9.90 Å². The molecule has 178 valence electrons. The summed E-state index contributed by atoms with van der Waals surface area (Å²) >= 11 is 0. The third-order valence-corrected chi connectivity index (χ3v) is 5.68. The number of aliphatic hydroxyl groups is 1. The number of rotatable bonds is 12. The summed E-state index contributed by atoms with van der Waals surface area (Å²) in [7, 11) is 2.07. The van der Waals surface area contributed by atoms with Gasteiger partial charge in [0.15, 0.2) is 5.82 Å². The van der Waals surface area contributed by atoms with E-state index >= 15 is 0 Å². The van der Waals surface area contributed by atoms with Gasteiger partial charge in [0.25, 0.3) is 0 Å². The van der Waals surface area contributed by atoms with Crippen LogP contribution in [0, 0.1) is 0 Å². The highest BCUT2D eigenvalue weighted by Crippen LogP contribution is 2.28. The molecule has 0 unspecified atom stereocenters. The monoisotopic (exact) mass is 453 g/mol. The minimum absolute atomic E-state index is 0.00874. The largest absolute Gasteiger partial charge is 0.394 e. The van der Waals surface area contributed by atoms with E-state index in [-0.39, 0.29) is 24.2 Å². The molecule has 1 atom stereocenters. The summed E-state index contributed by atoms with van der Waals surface area (Å²) in [4.78, 5) is 30.5. The van der Waals surface area contributed by atoms with Gasteiger partial charge < -0.3 is 26.0 Å². The van der Waals surface area contributed by atoms with Crippen LogP contribution in [0.3, 0.4) is 0 Å². The van der Waals surface area contributed by atoms with E-state index < -0.39 is 0 Å². The van der Waals surface area contributed by atoms with Crippen molar-refractivity contribution in [2.75, 3.05) is 31.2 Å². The maximum atomic E-state index is 12.1. The number of unbranched alkanes of at least 4 members (excludes halogenated alkanes) is 2. The molecule has 3 aromatic heterocycles. The predicted octanol–water partition coefficient (Wildman–Crippen LogP) is 3.16. The van der Waals surface area contributed by atoms with Crippen LogP contribution in [0.2, 0.25) is 0 Å². The van der Waals surface area contributed by atoms with E-state index in [0.29, 0.717) is 23.4 Å². The van der Waals surface area contributed by atoms with Crippen LogP contribution in [0.5, 0.6) is 0 Å². The van der Waals surface area contributed by atoms with E-state index in [1.54, 1.807) is 18.5 Å². The van der Waals surface area contributed by atoms with Gasteiger partial charge in [-0.15, -0.1) is 0 Å². The zero-order chi connectivity index (χ0) is 23.8. The minimum Gasteiger partial charge on any atom is -0.394 e. The first-order chi connectivity index (χ1) is 15.9. The van der Waals surface area contributed by atoms with E-state index in [0.717, 1.165) is 55.3 Å². The lowest BCUT2D eigenvalue weighted by Crippen LogP contribution is -2.24. The minimum atomic E-state index is -0.170. The average molecular weight is 454 g/mol. The SMILES string of the molecule is CCCC[C@H](CO)Nc1nc(N)nc2cc(-c3cc(=O)[nH]cc3CN(C)CCCC)cnc12. The number of hydrogen-bond acceptors (Lipinski definition) is 8. The molecule has 0 aliphatic rings. The molecule has 0 saturated carbocycles. The number of aliphatic hydroxyl groups excluding tert-OH is 1. The van der Waals surface area contributed by atoms with Crippen molar-refractivity contribution < 1.29 is 5.11 Å². The summed E-state index contributed by atoms with van der Waals surface area (Å²) in [6, 6.07) is 3.35. The summed E-state index contributed by atoms with van der Waals surface area (Å²) in [5.74, 6) is 0.631. The molecule has 0 fully saturated rings. The van der Waals surface area contributed by atoms with Crippen molar-refractivity contribution in [1.29, 1.82) is 0 Å². The maximum Gasteiger partial charge on any atom is 0.248 e. The van der Waals surface area contributed by atoms with Crippen molar-refractivity contribution in [2.45, 2.75) is 58.5 Å². The molecule has 0 aliphatic heterocycles. The highest BCUT2D eigenvalue weighted by Gasteiger charge is 2.15. The van der Waals surface area contributed by atoms with Crippen LogP contribution in [-0.2, 0) is 6.54 Å². The Bertz CT molecular complexity index is 1120. The lowest BCUT2D eigenvalue weighted by Gasteiger charge is -2.19. The highest BCUT2D eigenvalue weighted by atomic mass is 16.3. The zero-order valence-corrected chi connectivity index (χ0v) is 19.8. The van der Waals surface area contributed by atoms with Crippen molar-refractivity contribution >= 4 is 22.8 Å². The number of nitrogen functional groups attached to an aromatic ring is 1. The molecule has 0 spiro atoms. The van der Waals surface area contributed by atoms with Crippen LogP contribution in [0.1, 0.15) is 51.5 Å². The van der Waals surface area contributed by atoms with Crippen LogP contribution >= 0.6 is 0 Å². The van der Waals surface area contributed by atoms with Crippen molar-refractivity contribution in [1.82, 2.24) is 24.8 Å². The number of nitrogens with zero attached hydrogens (tertiary/aromatic N) is 4. The highest BCUT2D eigenvalue weighted by molar-refractivity contribution is 5.89. The quantitative estimate of drug-likeness (QED) is 0.329. The second-order valence-corrected chi connectivity index (χ2v) is 8.52.